The molecule has 0 radical (unpaired) electrons. The number of nitrogens with one attached hydrogen (secondary N) is 1. The number of amides is 1. The summed E-state index contributed by atoms with van der Waals surface area (Å²) in [4.78, 5) is 16.3. The van der Waals surface area contributed by atoms with Gasteiger partial charge in [0.25, 0.3) is 0 Å². The van der Waals surface area contributed by atoms with Crippen molar-refractivity contribution in [3.05, 3.63) is 71.2 Å². The minimum atomic E-state index is -0.0787. The molecule has 110 valence electrons. The molecule has 0 aliphatic rings. The normalized spacial score (nSPS) is 11.1. The molecule has 0 atom stereocenters. The molecular weight excluding hydrogens is 292 g/mol. The molecule has 1 heterocycles. The molecule has 0 saturated heterocycles. The minimum absolute atomic E-state index is 0.0787. The highest BCUT2D eigenvalue weighted by atomic mass is 32.1. The number of thiazole rings is 1. The Balaban J connectivity index is 1.50. The molecular formula is C18H16N2OS. The van der Waals surface area contributed by atoms with Crippen LogP contribution in [0.3, 0.4) is 0 Å². The Kier molecular flexibility index (Phi) is 4.61. The van der Waals surface area contributed by atoms with E-state index in [0.29, 0.717) is 6.54 Å². The van der Waals surface area contributed by atoms with Crippen molar-refractivity contribution in [2.24, 2.45) is 0 Å². The van der Waals surface area contributed by atoms with Gasteiger partial charge in [-0.1, -0.05) is 42.5 Å². The molecule has 0 aliphatic heterocycles. The van der Waals surface area contributed by atoms with Gasteiger partial charge in [0.1, 0.15) is 0 Å². The highest BCUT2D eigenvalue weighted by Gasteiger charge is 2.03. The van der Waals surface area contributed by atoms with Crippen LogP contribution in [0, 0.1) is 0 Å². The van der Waals surface area contributed by atoms with Crippen LogP contribution in [0.15, 0.2) is 60.7 Å². The predicted molar refractivity (Wildman–Crippen MR) is 91.8 cm³/mol. The van der Waals surface area contributed by atoms with E-state index < -0.39 is 0 Å². The molecule has 1 aromatic heterocycles. The van der Waals surface area contributed by atoms with Crippen LogP contribution in [0.5, 0.6) is 0 Å². The van der Waals surface area contributed by atoms with Gasteiger partial charge in [0, 0.05) is 19.0 Å². The van der Waals surface area contributed by atoms with Crippen molar-refractivity contribution in [3.63, 3.8) is 0 Å². The summed E-state index contributed by atoms with van der Waals surface area (Å²) in [6, 6.07) is 17.9. The zero-order chi connectivity index (χ0) is 15.2. The van der Waals surface area contributed by atoms with Crippen molar-refractivity contribution in [3.8, 4) is 0 Å². The van der Waals surface area contributed by atoms with Crippen molar-refractivity contribution in [2.75, 3.05) is 6.54 Å². The molecule has 2 aromatic carbocycles. The number of nitrogens with zero attached hydrogens (tertiary/aromatic N) is 1. The van der Waals surface area contributed by atoms with Gasteiger partial charge in [-0.2, -0.15) is 0 Å². The smallest absolute Gasteiger partial charge is 0.244 e. The van der Waals surface area contributed by atoms with Crippen molar-refractivity contribution in [1.82, 2.24) is 10.3 Å². The summed E-state index contributed by atoms with van der Waals surface area (Å²) in [7, 11) is 0. The summed E-state index contributed by atoms with van der Waals surface area (Å²) in [5.74, 6) is -0.0787. The minimum Gasteiger partial charge on any atom is -0.352 e. The van der Waals surface area contributed by atoms with Crippen LogP contribution in [0.25, 0.3) is 16.3 Å². The average Bonchev–Trinajstić information content (AvgIpc) is 2.96. The van der Waals surface area contributed by atoms with Crippen molar-refractivity contribution < 1.29 is 4.79 Å². The molecule has 0 bridgehead atoms. The monoisotopic (exact) mass is 308 g/mol. The first-order chi connectivity index (χ1) is 10.8. The third kappa shape index (κ3) is 3.80. The van der Waals surface area contributed by atoms with Crippen LogP contribution >= 0.6 is 11.3 Å². The number of carbonyl (C=O) groups excluding carboxylic acids is 1. The lowest BCUT2D eigenvalue weighted by molar-refractivity contribution is -0.116. The van der Waals surface area contributed by atoms with E-state index in [2.05, 4.69) is 16.4 Å². The molecule has 3 rings (SSSR count). The van der Waals surface area contributed by atoms with Crippen LogP contribution in [-0.2, 0) is 11.2 Å². The molecule has 0 fully saturated rings. The Hall–Kier alpha value is -2.46. The molecule has 3 aromatic rings. The average molecular weight is 308 g/mol. The number of carbonyl (C=O) groups is 1. The third-order valence-electron chi connectivity index (χ3n) is 3.20. The third-order valence-corrected chi connectivity index (χ3v) is 4.30. The number of fused-ring (bicyclic) bond motifs is 1. The summed E-state index contributed by atoms with van der Waals surface area (Å²) >= 11 is 1.68. The fourth-order valence-electron chi connectivity index (χ4n) is 2.11. The Labute approximate surface area is 133 Å². The predicted octanol–water partition coefficient (Wildman–Crippen LogP) is 3.67. The van der Waals surface area contributed by atoms with Gasteiger partial charge in [-0.25, -0.2) is 4.98 Å². The molecule has 22 heavy (non-hydrogen) atoms. The second-order valence-electron chi connectivity index (χ2n) is 4.86. The molecule has 0 aliphatic carbocycles. The highest BCUT2D eigenvalue weighted by molar-refractivity contribution is 7.18. The van der Waals surface area contributed by atoms with E-state index in [4.69, 9.17) is 0 Å². The number of aromatic nitrogens is 1. The van der Waals surface area contributed by atoms with E-state index in [0.717, 1.165) is 22.5 Å². The van der Waals surface area contributed by atoms with Crippen LogP contribution in [0.4, 0.5) is 0 Å². The van der Waals surface area contributed by atoms with Gasteiger partial charge in [0.2, 0.25) is 5.91 Å². The fourth-order valence-corrected chi connectivity index (χ4v) is 3.08. The van der Waals surface area contributed by atoms with Crippen molar-refractivity contribution in [2.45, 2.75) is 6.42 Å². The summed E-state index contributed by atoms with van der Waals surface area (Å²) < 4.78 is 1.19. The lowest BCUT2D eigenvalue weighted by atomic mass is 10.2. The first-order valence-corrected chi connectivity index (χ1v) is 7.98. The Morgan fingerprint density at radius 3 is 2.68 bits per heavy atom. The first kappa shape index (κ1) is 14.5. The quantitative estimate of drug-likeness (QED) is 0.731. The Bertz CT molecular complexity index is 760. The van der Waals surface area contributed by atoms with Crippen molar-refractivity contribution in [1.29, 1.82) is 0 Å². The largest absolute Gasteiger partial charge is 0.352 e. The molecule has 0 spiro atoms. The second kappa shape index (κ2) is 7.00. The van der Waals surface area contributed by atoms with Crippen LogP contribution in [-0.4, -0.2) is 17.4 Å². The topological polar surface area (TPSA) is 42.0 Å². The van der Waals surface area contributed by atoms with Gasteiger partial charge in [-0.05, 0) is 23.8 Å². The zero-order valence-electron chi connectivity index (χ0n) is 12.0. The Morgan fingerprint density at radius 1 is 1.09 bits per heavy atom. The summed E-state index contributed by atoms with van der Waals surface area (Å²) in [6.07, 6.45) is 4.13. The maximum absolute atomic E-state index is 11.8. The molecule has 4 heteroatoms. The lowest BCUT2D eigenvalue weighted by Crippen LogP contribution is -2.23. The Morgan fingerprint density at radius 2 is 1.86 bits per heavy atom. The van der Waals surface area contributed by atoms with E-state index in [1.165, 1.54) is 4.70 Å². The SMILES string of the molecule is O=C(/C=C/c1ccccc1)NCCc1nc2ccccc2s1. The molecule has 0 unspecified atom stereocenters. The van der Waals surface area contributed by atoms with Gasteiger partial charge in [-0.3, -0.25) is 4.79 Å². The van der Waals surface area contributed by atoms with Gasteiger partial charge < -0.3 is 5.32 Å². The lowest BCUT2D eigenvalue weighted by Gasteiger charge is -1.99. The van der Waals surface area contributed by atoms with Gasteiger partial charge >= 0.3 is 0 Å². The summed E-state index contributed by atoms with van der Waals surface area (Å²) in [6.45, 7) is 0.595. The summed E-state index contributed by atoms with van der Waals surface area (Å²) in [5.41, 5.74) is 2.04. The number of rotatable bonds is 5. The zero-order valence-corrected chi connectivity index (χ0v) is 12.8. The van der Waals surface area contributed by atoms with E-state index >= 15 is 0 Å². The van der Waals surface area contributed by atoms with E-state index in [1.54, 1.807) is 17.4 Å². The summed E-state index contributed by atoms with van der Waals surface area (Å²) in [5, 5.41) is 3.94. The first-order valence-electron chi connectivity index (χ1n) is 7.17. The van der Waals surface area contributed by atoms with Crippen LogP contribution in [0.2, 0.25) is 0 Å². The van der Waals surface area contributed by atoms with Gasteiger partial charge in [0.15, 0.2) is 0 Å². The van der Waals surface area contributed by atoms with E-state index in [-0.39, 0.29) is 5.91 Å². The molecule has 1 amide bonds. The molecule has 1 N–H and O–H groups in total. The highest BCUT2D eigenvalue weighted by Crippen LogP contribution is 2.21. The fraction of sp³-hybridized carbons (Fsp3) is 0.111. The second-order valence-corrected chi connectivity index (χ2v) is 5.98. The van der Waals surface area contributed by atoms with Crippen molar-refractivity contribution >= 4 is 33.5 Å². The number of para-hydroxylation sites is 1. The number of hydrogen-bond acceptors (Lipinski definition) is 3. The van der Waals surface area contributed by atoms with Gasteiger partial charge in [0.05, 0.1) is 15.2 Å². The number of hydrogen-bond donors (Lipinski definition) is 1. The maximum atomic E-state index is 11.8. The molecule has 0 saturated carbocycles. The van der Waals surface area contributed by atoms with Crippen LogP contribution in [0.1, 0.15) is 10.6 Å². The van der Waals surface area contributed by atoms with Crippen LogP contribution < -0.4 is 5.32 Å². The van der Waals surface area contributed by atoms with E-state index in [1.807, 2.05) is 54.6 Å². The molecule has 3 nitrogen and oxygen atoms in total. The maximum Gasteiger partial charge on any atom is 0.244 e. The number of benzene rings is 2. The van der Waals surface area contributed by atoms with E-state index in [9.17, 15) is 4.79 Å². The standard InChI is InChI=1S/C18H16N2OS/c21-17(11-10-14-6-2-1-3-7-14)19-13-12-18-20-15-8-4-5-9-16(15)22-18/h1-11H,12-13H2,(H,19,21)/b11-10+. The van der Waals surface area contributed by atoms with Gasteiger partial charge in [-0.15, -0.1) is 11.3 Å².